The number of carbonyl (C=O) groups is 2. The minimum absolute atomic E-state index is 0. The zero-order valence-electron chi connectivity index (χ0n) is 16.5. The van der Waals surface area contributed by atoms with E-state index in [-0.39, 0.29) is 42.2 Å². The molecule has 3 aliphatic heterocycles. The van der Waals surface area contributed by atoms with Crippen molar-refractivity contribution in [1.82, 2.24) is 20.0 Å². The highest BCUT2D eigenvalue weighted by Crippen LogP contribution is 2.55. The number of hydrogen-bond acceptors (Lipinski definition) is 5. The Kier molecular flexibility index (Phi) is 6.03. The summed E-state index contributed by atoms with van der Waals surface area (Å²) in [5, 5.41) is 7.46. The number of fused-ring (bicyclic) bond motifs is 1. The number of aromatic nitrogens is 2. The molecule has 3 saturated heterocycles. The van der Waals surface area contributed by atoms with Gasteiger partial charge in [0.2, 0.25) is 11.8 Å². The first-order valence-corrected chi connectivity index (χ1v) is 9.90. The van der Waals surface area contributed by atoms with E-state index in [4.69, 9.17) is 10.5 Å². The van der Waals surface area contributed by atoms with E-state index in [9.17, 15) is 9.59 Å². The molecule has 2 bridgehead atoms. The maximum Gasteiger partial charge on any atom is 0.229 e. The van der Waals surface area contributed by atoms with Crippen LogP contribution in [0, 0.1) is 25.7 Å². The highest BCUT2D eigenvalue weighted by Gasteiger charge is 2.68. The first kappa shape index (κ1) is 21.1. The fraction of sp³-hybridized carbons (Fsp3) is 0.737. The number of rotatable bonds is 7. The molecule has 2 amide bonds. The molecule has 0 saturated carbocycles. The quantitative estimate of drug-likeness (QED) is 0.632. The Hall–Kier alpha value is -1.64. The lowest BCUT2D eigenvalue weighted by Gasteiger charge is -2.27. The van der Waals surface area contributed by atoms with Crippen molar-refractivity contribution in [1.29, 1.82) is 0 Å². The average molecular weight is 412 g/mol. The highest BCUT2D eigenvalue weighted by atomic mass is 35.5. The molecular weight excluding hydrogens is 382 g/mol. The number of ether oxygens (including phenoxy) is 1. The molecule has 4 heterocycles. The number of nitrogens with zero attached hydrogens (tertiary/aromatic N) is 3. The summed E-state index contributed by atoms with van der Waals surface area (Å²) in [7, 11) is 0. The number of nitrogens with one attached hydrogen (secondary N) is 1. The Morgan fingerprint density at radius 1 is 1.43 bits per heavy atom. The van der Waals surface area contributed by atoms with Crippen molar-refractivity contribution >= 4 is 24.2 Å². The SMILES string of the molecule is Cc1cc(C)n(CCCNC(=O)[C@H]2[C@@H]3CC[C@@]4(CN(CCN)C(=O)[C@@H]24)O3)n1.Cl. The van der Waals surface area contributed by atoms with E-state index in [2.05, 4.69) is 10.4 Å². The van der Waals surface area contributed by atoms with E-state index >= 15 is 0 Å². The van der Waals surface area contributed by atoms with E-state index in [0.29, 0.717) is 26.2 Å². The molecule has 3 fully saturated rings. The van der Waals surface area contributed by atoms with Crippen molar-refractivity contribution in [3.63, 3.8) is 0 Å². The summed E-state index contributed by atoms with van der Waals surface area (Å²) >= 11 is 0. The Labute approximate surface area is 171 Å². The maximum absolute atomic E-state index is 12.9. The maximum atomic E-state index is 12.9. The van der Waals surface area contributed by atoms with Gasteiger partial charge in [-0.3, -0.25) is 14.3 Å². The molecule has 28 heavy (non-hydrogen) atoms. The number of carbonyl (C=O) groups excluding carboxylic acids is 2. The molecule has 4 atom stereocenters. The third-order valence-electron chi connectivity index (χ3n) is 6.25. The topological polar surface area (TPSA) is 102 Å². The van der Waals surface area contributed by atoms with Gasteiger partial charge in [-0.1, -0.05) is 0 Å². The summed E-state index contributed by atoms with van der Waals surface area (Å²) in [6.45, 7) is 6.88. The van der Waals surface area contributed by atoms with Crippen LogP contribution in [0.3, 0.4) is 0 Å². The molecular formula is C19H30ClN5O3. The van der Waals surface area contributed by atoms with Crippen LogP contribution in [0.15, 0.2) is 6.07 Å². The van der Waals surface area contributed by atoms with Gasteiger partial charge in [-0.25, -0.2) is 0 Å². The van der Waals surface area contributed by atoms with E-state index in [0.717, 1.165) is 37.2 Å². The van der Waals surface area contributed by atoms with Crippen LogP contribution in [0.1, 0.15) is 30.7 Å². The highest BCUT2D eigenvalue weighted by molar-refractivity contribution is 5.92. The summed E-state index contributed by atoms with van der Waals surface area (Å²) in [4.78, 5) is 27.5. The van der Waals surface area contributed by atoms with E-state index in [1.54, 1.807) is 4.90 Å². The van der Waals surface area contributed by atoms with Crippen molar-refractivity contribution < 1.29 is 14.3 Å². The van der Waals surface area contributed by atoms with Crippen LogP contribution in [0.5, 0.6) is 0 Å². The summed E-state index contributed by atoms with van der Waals surface area (Å²) in [6.07, 6.45) is 2.38. The number of halogens is 1. The molecule has 1 spiro atoms. The number of nitrogens with two attached hydrogens (primary N) is 1. The van der Waals surface area contributed by atoms with E-state index in [1.165, 1.54) is 0 Å². The zero-order chi connectivity index (χ0) is 19.2. The number of aryl methyl sites for hydroxylation is 3. The lowest BCUT2D eigenvalue weighted by molar-refractivity contribution is -0.138. The summed E-state index contributed by atoms with van der Waals surface area (Å²) in [6, 6.07) is 2.05. The zero-order valence-corrected chi connectivity index (χ0v) is 17.3. The van der Waals surface area contributed by atoms with Crippen molar-refractivity contribution in [3.05, 3.63) is 17.5 Å². The molecule has 4 rings (SSSR count). The molecule has 3 N–H and O–H groups in total. The van der Waals surface area contributed by atoms with Gasteiger partial charge in [0.25, 0.3) is 0 Å². The lowest BCUT2D eigenvalue weighted by atomic mass is 9.73. The Bertz CT molecular complexity index is 754. The van der Waals surface area contributed by atoms with E-state index < -0.39 is 5.60 Å². The third-order valence-corrected chi connectivity index (χ3v) is 6.25. The van der Waals surface area contributed by atoms with Crippen LogP contribution >= 0.6 is 12.4 Å². The second-order valence-corrected chi connectivity index (χ2v) is 8.11. The molecule has 0 unspecified atom stereocenters. The van der Waals surface area contributed by atoms with Gasteiger partial charge in [0.05, 0.1) is 35.8 Å². The Morgan fingerprint density at radius 2 is 2.21 bits per heavy atom. The van der Waals surface area contributed by atoms with Crippen LogP contribution in [-0.2, 0) is 20.9 Å². The van der Waals surface area contributed by atoms with Gasteiger partial charge in [0, 0.05) is 31.9 Å². The number of amides is 2. The first-order chi connectivity index (χ1) is 12.9. The van der Waals surface area contributed by atoms with Gasteiger partial charge in [0.15, 0.2) is 0 Å². The monoisotopic (exact) mass is 411 g/mol. The van der Waals surface area contributed by atoms with Gasteiger partial charge < -0.3 is 20.7 Å². The Balaban J connectivity index is 0.00000225. The van der Waals surface area contributed by atoms with Crippen molar-refractivity contribution in [2.75, 3.05) is 26.2 Å². The fourth-order valence-electron chi connectivity index (χ4n) is 5.15. The van der Waals surface area contributed by atoms with Crippen LogP contribution < -0.4 is 11.1 Å². The normalized spacial score (nSPS) is 30.5. The third kappa shape index (κ3) is 3.42. The van der Waals surface area contributed by atoms with Crippen LogP contribution in [0.4, 0.5) is 0 Å². The van der Waals surface area contributed by atoms with E-state index in [1.807, 2.05) is 24.6 Å². The van der Waals surface area contributed by atoms with Crippen molar-refractivity contribution in [2.45, 2.75) is 51.4 Å². The van der Waals surface area contributed by atoms with Gasteiger partial charge in [0.1, 0.15) is 0 Å². The first-order valence-electron chi connectivity index (χ1n) is 9.90. The van der Waals surface area contributed by atoms with Gasteiger partial charge in [-0.05, 0) is 39.2 Å². The largest absolute Gasteiger partial charge is 0.368 e. The predicted molar refractivity (Wildman–Crippen MR) is 106 cm³/mol. The fourth-order valence-corrected chi connectivity index (χ4v) is 5.15. The van der Waals surface area contributed by atoms with Crippen LogP contribution in [0.2, 0.25) is 0 Å². The smallest absolute Gasteiger partial charge is 0.229 e. The van der Waals surface area contributed by atoms with Crippen molar-refractivity contribution in [2.24, 2.45) is 17.6 Å². The summed E-state index contributed by atoms with van der Waals surface area (Å²) in [5.74, 6) is -0.741. The van der Waals surface area contributed by atoms with Crippen LogP contribution in [0.25, 0.3) is 0 Å². The Morgan fingerprint density at radius 3 is 2.89 bits per heavy atom. The van der Waals surface area contributed by atoms with Gasteiger partial charge >= 0.3 is 0 Å². The molecule has 8 nitrogen and oxygen atoms in total. The second-order valence-electron chi connectivity index (χ2n) is 8.11. The predicted octanol–water partition coefficient (Wildman–Crippen LogP) is 0.393. The molecule has 0 aliphatic carbocycles. The molecule has 9 heteroatoms. The molecule has 3 aliphatic rings. The molecule has 0 aromatic carbocycles. The van der Waals surface area contributed by atoms with Crippen LogP contribution in [-0.4, -0.2) is 64.4 Å². The summed E-state index contributed by atoms with van der Waals surface area (Å²) in [5.41, 5.74) is 7.29. The summed E-state index contributed by atoms with van der Waals surface area (Å²) < 4.78 is 8.14. The van der Waals surface area contributed by atoms with Gasteiger partial charge in [-0.15, -0.1) is 12.4 Å². The molecule has 0 radical (unpaired) electrons. The molecule has 1 aromatic heterocycles. The number of likely N-dealkylation sites (tertiary alicyclic amines) is 1. The van der Waals surface area contributed by atoms with Gasteiger partial charge in [-0.2, -0.15) is 5.10 Å². The average Bonchev–Trinajstić information content (AvgIpc) is 3.33. The molecule has 156 valence electrons. The minimum Gasteiger partial charge on any atom is -0.368 e. The molecule has 1 aromatic rings. The minimum atomic E-state index is -0.470. The standard InChI is InChI=1S/C19H29N5O3.ClH/c1-12-10-13(2)24(22-12)8-3-7-21-17(25)15-14-4-5-19(27-14)11-23(9-6-20)18(26)16(15)19;/h10,14-16H,3-9,11,20H2,1-2H3,(H,21,25);1H/t14-,15-,16+,19-;/m0./s1. The lowest BCUT2D eigenvalue weighted by Crippen LogP contribution is -2.46. The van der Waals surface area contributed by atoms with Crippen molar-refractivity contribution in [3.8, 4) is 0 Å². The number of hydrogen-bond donors (Lipinski definition) is 2. The second kappa shape index (κ2) is 8.00.